The average Bonchev–Trinajstić information content (AvgIpc) is 3.59. The van der Waals surface area contributed by atoms with Crippen molar-refractivity contribution in [2.24, 2.45) is 0 Å². The number of nitrogens with one attached hydrogen (secondary N) is 3. The predicted octanol–water partition coefficient (Wildman–Crippen LogP) is 3.31. The number of pyridine rings is 2. The number of amides is 2. The van der Waals surface area contributed by atoms with Gasteiger partial charge in [-0.15, -0.1) is 0 Å². The Kier molecular flexibility index (Phi) is 7.00. The maximum atomic E-state index is 13.6. The Bertz CT molecular complexity index is 1740. The van der Waals surface area contributed by atoms with Gasteiger partial charge in [-0.2, -0.15) is 0 Å². The molecule has 0 bridgehead atoms. The molecule has 10 nitrogen and oxygen atoms in total. The quantitative estimate of drug-likeness (QED) is 0.281. The molecule has 4 aromatic heterocycles. The van der Waals surface area contributed by atoms with Crippen LogP contribution in [0.4, 0.5) is 8.78 Å². The summed E-state index contributed by atoms with van der Waals surface area (Å²) in [7, 11) is 1.45. The van der Waals surface area contributed by atoms with E-state index < -0.39 is 29.1 Å². The zero-order valence-corrected chi connectivity index (χ0v) is 20.6. The van der Waals surface area contributed by atoms with Crippen LogP contribution >= 0.6 is 0 Å². The Labute approximate surface area is 219 Å². The molecule has 0 fully saturated rings. The largest absolute Gasteiger partial charge is 0.438 e. The highest BCUT2D eigenvalue weighted by molar-refractivity contribution is 5.94. The van der Waals surface area contributed by atoms with Gasteiger partial charge < -0.3 is 24.6 Å². The molecule has 4 heterocycles. The fourth-order valence-corrected chi connectivity index (χ4v) is 4.13. The number of carbonyl (C=O) groups is 2. The van der Waals surface area contributed by atoms with Gasteiger partial charge in [-0.1, -0.05) is 6.07 Å². The van der Waals surface area contributed by atoms with E-state index in [4.69, 9.17) is 4.42 Å². The topological polar surface area (TPSA) is 135 Å². The molecule has 5 aromatic rings. The second kappa shape index (κ2) is 10.7. The van der Waals surface area contributed by atoms with Crippen LogP contribution in [-0.2, 0) is 11.3 Å². The maximum Gasteiger partial charge on any atom is 0.263 e. The van der Waals surface area contributed by atoms with E-state index in [-0.39, 0.29) is 30.3 Å². The van der Waals surface area contributed by atoms with Crippen LogP contribution in [0.3, 0.4) is 0 Å². The molecule has 198 valence electrons. The lowest BCUT2D eigenvalue weighted by Crippen LogP contribution is -2.37. The highest BCUT2D eigenvalue weighted by Gasteiger charge is 2.25. The number of hydrogen-bond donors (Lipinski definition) is 3. The molecule has 39 heavy (non-hydrogen) atoms. The van der Waals surface area contributed by atoms with Gasteiger partial charge in [0.1, 0.15) is 17.3 Å². The molecule has 1 unspecified atom stereocenters. The molecule has 0 aliphatic carbocycles. The molecular formula is C27H22F2N6O4. The van der Waals surface area contributed by atoms with Crippen molar-refractivity contribution in [2.45, 2.75) is 19.0 Å². The molecule has 0 spiro atoms. The van der Waals surface area contributed by atoms with Crippen molar-refractivity contribution in [3.05, 3.63) is 106 Å². The number of hydrogen-bond acceptors (Lipinski definition) is 6. The molecule has 2 amide bonds. The first-order valence-corrected chi connectivity index (χ1v) is 11.9. The summed E-state index contributed by atoms with van der Waals surface area (Å²) in [6, 6.07) is 8.76. The Balaban J connectivity index is 1.41. The van der Waals surface area contributed by atoms with Crippen LogP contribution in [0.1, 0.15) is 34.3 Å². The van der Waals surface area contributed by atoms with Crippen molar-refractivity contribution in [1.29, 1.82) is 0 Å². The third-order valence-electron chi connectivity index (χ3n) is 6.11. The molecule has 1 aromatic carbocycles. The van der Waals surface area contributed by atoms with Gasteiger partial charge in [0.15, 0.2) is 17.4 Å². The van der Waals surface area contributed by atoms with Crippen molar-refractivity contribution in [2.75, 3.05) is 7.05 Å². The summed E-state index contributed by atoms with van der Waals surface area (Å²) in [4.78, 5) is 50.0. The van der Waals surface area contributed by atoms with Crippen LogP contribution in [0.15, 0.2) is 76.5 Å². The number of nitrogens with zero attached hydrogens (tertiary/aromatic N) is 3. The predicted molar refractivity (Wildman–Crippen MR) is 137 cm³/mol. The number of fused-ring (bicyclic) bond motifs is 1. The fraction of sp³-hybridized carbons (Fsp3) is 0.148. The number of aromatic nitrogens is 4. The zero-order valence-electron chi connectivity index (χ0n) is 20.6. The first-order chi connectivity index (χ1) is 18.8. The maximum absolute atomic E-state index is 13.6. The number of aromatic amines is 1. The van der Waals surface area contributed by atoms with E-state index in [0.717, 1.165) is 17.5 Å². The summed E-state index contributed by atoms with van der Waals surface area (Å²) in [5.41, 5.74) is 0.828. The van der Waals surface area contributed by atoms with Gasteiger partial charge in [0.05, 0.1) is 19.2 Å². The second-order valence-electron chi connectivity index (χ2n) is 8.67. The van der Waals surface area contributed by atoms with Crippen molar-refractivity contribution in [1.82, 2.24) is 30.2 Å². The van der Waals surface area contributed by atoms with Gasteiger partial charge in [0.2, 0.25) is 11.8 Å². The number of H-pyrrole nitrogens is 1. The molecule has 0 saturated heterocycles. The summed E-state index contributed by atoms with van der Waals surface area (Å²) in [5.74, 6) is -2.73. The number of halogens is 2. The monoisotopic (exact) mass is 532 g/mol. The third kappa shape index (κ3) is 5.30. The Morgan fingerprint density at radius 2 is 1.97 bits per heavy atom. The third-order valence-corrected chi connectivity index (χ3v) is 6.11. The van der Waals surface area contributed by atoms with E-state index in [1.165, 1.54) is 42.2 Å². The molecule has 0 aliphatic heterocycles. The van der Waals surface area contributed by atoms with Crippen LogP contribution in [0.5, 0.6) is 0 Å². The lowest BCUT2D eigenvalue weighted by Gasteiger charge is -2.15. The number of rotatable bonds is 8. The van der Waals surface area contributed by atoms with Gasteiger partial charge in [-0.3, -0.25) is 14.4 Å². The Morgan fingerprint density at radius 1 is 1.13 bits per heavy atom. The summed E-state index contributed by atoms with van der Waals surface area (Å²) in [6.07, 6.45) is 6.07. The first-order valence-electron chi connectivity index (χ1n) is 11.9. The van der Waals surface area contributed by atoms with E-state index in [1.807, 2.05) is 6.07 Å². The summed E-state index contributed by atoms with van der Waals surface area (Å²) in [6.45, 7) is -0.0819. The van der Waals surface area contributed by atoms with E-state index in [9.17, 15) is 23.2 Å². The zero-order chi connectivity index (χ0) is 27.5. The van der Waals surface area contributed by atoms with Gasteiger partial charge in [-0.25, -0.2) is 18.7 Å². The van der Waals surface area contributed by atoms with Crippen LogP contribution in [0, 0.1) is 11.6 Å². The molecule has 12 heteroatoms. The second-order valence-corrected chi connectivity index (χ2v) is 8.67. The molecule has 0 radical (unpaired) electrons. The summed E-state index contributed by atoms with van der Waals surface area (Å²) >= 11 is 0. The molecule has 3 N–H and O–H groups in total. The van der Waals surface area contributed by atoms with E-state index in [2.05, 4.69) is 25.6 Å². The van der Waals surface area contributed by atoms with Gasteiger partial charge in [-0.05, 0) is 42.0 Å². The normalized spacial score (nSPS) is 11.9. The minimum atomic E-state index is -1.04. The fourth-order valence-electron chi connectivity index (χ4n) is 4.13. The SMILES string of the molecule is CNC(=O)CC(NC(=O)c1cccn(Cc2ccc(F)c(F)c2)c1=O)c1ncc(-c2c[nH]c3ncccc23)o1. The minimum Gasteiger partial charge on any atom is -0.438 e. The van der Waals surface area contributed by atoms with Crippen molar-refractivity contribution in [3.8, 4) is 11.3 Å². The Hall–Kier alpha value is -5.13. The molecule has 5 rings (SSSR count). The molecular weight excluding hydrogens is 510 g/mol. The van der Waals surface area contributed by atoms with Gasteiger partial charge >= 0.3 is 0 Å². The van der Waals surface area contributed by atoms with Gasteiger partial charge in [0, 0.05) is 36.6 Å². The highest BCUT2D eigenvalue weighted by atomic mass is 19.2. The van der Waals surface area contributed by atoms with Crippen LogP contribution < -0.4 is 16.2 Å². The summed E-state index contributed by atoms with van der Waals surface area (Å²) in [5, 5.41) is 5.96. The molecule has 0 aliphatic rings. The van der Waals surface area contributed by atoms with Crippen LogP contribution in [-0.4, -0.2) is 38.4 Å². The van der Waals surface area contributed by atoms with Crippen molar-refractivity contribution < 1.29 is 22.8 Å². The number of oxazole rings is 1. The first kappa shape index (κ1) is 25.5. The van der Waals surface area contributed by atoms with Crippen LogP contribution in [0.25, 0.3) is 22.4 Å². The number of carbonyl (C=O) groups excluding carboxylic acids is 2. The van der Waals surface area contributed by atoms with E-state index in [0.29, 0.717) is 22.5 Å². The highest BCUT2D eigenvalue weighted by Crippen LogP contribution is 2.30. The smallest absolute Gasteiger partial charge is 0.263 e. The van der Waals surface area contributed by atoms with Crippen LogP contribution in [0.2, 0.25) is 0 Å². The van der Waals surface area contributed by atoms with Crippen molar-refractivity contribution >= 4 is 22.8 Å². The lowest BCUT2D eigenvalue weighted by atomic mass is 10.1. The van der Waals surface area contributed by atoms with Crippen molar-refractivity contribution in [3.63, 3.8) is 0 Å². The standard InChI is InChI=1S/C27H22F2N6O4/c1-30-23(36)11-21(26-33-13-22(39-26)18-12-32-24-16(18)4-2-8-31-24)34-25(37)17-5-3-9-35(27(17)38)14-15-6-7-19(28)20(29)10-15/h2-10,12-13,21H,11,14H2,1H3,(H,30,36)(H,31,32)(H,34,37). The number of benzene rings is 1. The molecule has 0 saturated carbocycles. The molecule has 1 atom stereocenters. The minimum absolute atomic E-state index is 0.0678. The summed E-state index contributed by atoms with van der Waals surface area (Å²) < 4.78 is 34.0. The van der Waals surface area contributed by atoms with E-state index in [1.54, 1.807) is 18.5 Å². The van der Waals surface area contributed by atoms with Gasteiger partial charge in [0.25, 0.3) is 11.5 Å². The lowest BCUT2D eigenvalue weighted by molar-refractivity contribution is -0.121. The average molecular weight is 533 g/mol. The van der Waals surface area contributed by atoms with E-state index >= 15 is 0 Å². The Morgan fingerprint density at radius 3 is 2.77 bits per heavy atom.